The molecule has 0 saturated carbocycles. The topological polar surface area (TPSA) is 60.7 Å². The summed E-state index contributed by atoms with van der Waals surface area (Å²) in [6.45, 7) is 7.28. The first-order valence-corrected chi connectivity index (χ1v) is 8.79. The standard InChI is InChI=1S/C13H17IN2O3S/c1-5-19-11-8-16-10(9(14)7-15-16)6-12(11)20(17,18)13(2,3)4/h6-8H,5H2,1-4H3. The quantitative estimate of drug-likeness (QED) is 0.733. The maximum atomic E-state index is 12.7. The first-order chi connectivity index (χ1) is 9.18. The van der Waals surface area contributed by atoms with Gasteiger partial charge in [0.1, 0.15) is 4.90 Å². The van der Waals surface area contributed by atoms with Crippen LogP contribution in [0, 0.1) is 3.57 Å². The highest BCUT2D eigenvalue weighted by molar-refractivity contribution is 14.1. The second-order valence-electron chi connectivity index (χ2n) is 5.37. The van der Waals surface area contributed by atoms with Crippen LogP contribution < -0.4 is 4.74 Å². The number of sulfone groups is 1. The van der Waals surface area contributed by atoms with Crippen molar-refractivity contribution in [2.45, 2.75) is 37.3 Å². The summed E-state index contributed by atoms with van der Waals surface area (Å²) in [4.78, 5) is 0.220. The van der Waals surface area contributed by atoms with E-state index in [0.717, 1.165) is 9.09 Å². The highest BCUT2D eigenvalue weighted by atomic mass is 127. The molecule has 0 fully saturated rings. The number of nitrogens with zero attached hydrogens (tertiary/aromatic N) is 2. The molecule has 2 aromatic heterocycles. The number of halogens is 1. The summed E-state index contributed by atoms with van der Waals surface area (Å²) in [7, 11) is -3.48. The highest BCUT2D eigenvalue weighted by Crippen LogP contribution is 2.33. The molecule has 20 heavy (non-hydrogen) atoms. The van der Waals surface area contributed by atoms with Crippen molar-refractivity contribution in [1.29, 1.82) is 0 Å². The Bertz CT molecular complexity index is 745. The van der Waals surface area contributed by atoms with Gasteiger partial charge in [0.2, 0.25) is 0 Å². The van der Waals surface area contributed by atoms with Gasteiger partial charge in [-0.15, -0.1) is 0 Å². The monoisotopic (exact) mass is 408 g/mol. The van der Waals surface area contributed by atoms with Gasteiger partial charge in [-0.1, -0.05) is 0 Å². The normalized spacial score (nSPS) is 12.8. The van der Waals surface area contributed by atoms with Gasteiger partial charge in [-0.05, 0) is 56.4 Å². The maximum absolute atomic E-state index is 12.7. The van der Waals surface area contributed by atoms with Crippen molar-refractivity contribution in [3.8, 4) is 5.75 Å². The molecular weight excluding hydrogens is 391 g/mol. The van der Waals surface area contributed by atoms with E-state index in [2.05, 4.69) is 27.7 Å². The predicted octanol–water partition coefficient (Wildman–Crippen LogP) is 2.91. The molecule has 0 bridgehead atoms. The Morgan fingerprint density at radius 1 is 1.40 bits per heavy atom. The number of fused-ring (bicyclic) bond motifs is 1. The average Bonchev–Trinajstić information content (AvgIpc) is 2.68. The fourth-order valence-electron chi connectivity index (χ4n) is 1.76. The molecule has 0 N–H and O–H groups in total. The van der Waals surface area contributed by atoms with Gasteiger partial charge in [0.05, 0.1) is 32.8 Å². The zero-order valence-electron chi connectivity index (χ0n) is 11.8. The number of pyridine rings is 1. The van der Waals surface area contributed by atoms with Gasteiger partial charge < -0.3 is 4.74 Å². The van der Waals surface area contributed by atoms with E-state index in [1.807, 2.05) is 6.92 Å². The summed E-state index contributed by atoms with van der Waals surface area (Å²) in [5.74, 6) is 0.342. The first-order valence-electron chi connectivity index (χ1n) is 6.23. The Hall–Kier alpha value is -0.830. The average molecular weight is 408 g/mol. The zero-order chi connectivity index (χ0) is 15.1. The lowest BCUT2D eigenvalue weighted by Crippen LogP contribution is -2.28. The third-order valence-electron chi connectivity index (χ3n) is 2.93. The van der Waals surface area contributed by atoms with E-state index >= 15 is 0 Å². The summed E-state index contributed by atoms with van der Waals surface area (Å²) in [6, 6.07) is 1.64. The van der Waals surface area contributed by atoms with Gasteiger partial charge in [-0.2, -0.15) is 5.10 Å². The number of rotatable bonds is 3. The van der Waals surface area contributed by atoms with Crippen LogP contribution in [-0.4, -0.2) is 29.4 Å². The van der Waals surface area contributed by atoms with Crippen LogP contribution in [-0.2, 0) is 9.84 Å². The molecular formula is C13H17IN2O3S. The van der Waals surface area contributed by atoms with Crippen molar-refractivity contribution in [3.63, 3.8) is 0 Å². The summed E-state index contributed by atoms with van der Waals surface area (Å²) in [6.07, 6.45) is 3.32. The van der Waals surface area contributed by atoms with Crippen molar-refractivity contribution in [3.05, 3.63) is 22.0 Å². The van der Waals surface area contributed by atoms with Gasteiger partial charge in [0.25, 0.3) is 0 Å². The summed E-state index contributed by atoms with van der Waals surface area (Å²) < 4.78 is 32.6. The van der Waals surface area contributed by atoms with Crippen LogP contribution in [0.5, 0.6) is 5.75 Å². The number of ether oxygens (including phenoxy) is 1. The van der Waals surface area contributed by atoms with Gasteiger partial charge in [-0.3, -0.25) is 0 Å². The second-order valence-corrected chi connectivity index (χ2v) is 9.21. The minimum atomic E-state index is -3.48. The van der Waals surface area contributed by atoms with Crippen molar-refractivity contribution >= 4 is 37.9 Å². The number of aromatic nitrogens is 2. The van der Waals surface area contributed by atoms with Crippen LogP contribution in [0.1, 0.15) is 27.7 Å². The van der Waals surface area contributed by atoms with E-state index in [4.69, 9.17) is 4.74 Å². The molecule has 0 aliphatic heterocycles. The Morgan fingerprint density at radius 3 is 2.60 bits per heavy atom. The van der Waals surface area contributed by atoms with E-state index in [0.29, 0.717) is 12.4 Å². The Labute approximate surface area is 132 Å². The van der Waals surface area contributed by atoms with Gasteiger partial charge >= 0.3 is 0 Å². The number of hydrogen-bond acceptors (Lipinski definition) is 4. The minimum Gasteiger partial charge on any atom is -0.491 e. The van der Waals surface area contributed by atoms with Crippen LogP contribution in [0.15, 0.2) is 23.4 Å². The maximum Gasteiger partial charge on any atom is 0.187 e. The predicted molar refractivity (Wildman–Crippen MR) is 86.0 cm³/mol. The zero-order valence-corrected chi connectivity index (χ0v) is 14.8. The largest absolute Gasteiger partial charge is 0.491 e. The third-order valence-corrected chi connectivity index (χ3v) is 6.27. The lowest BCUT2D eigenvalue weighted by molar-refractivity contribution is 0.328. The van der Waals surface area contributed by atoms with Crippen molar-refractivity contribution < 1.29 is 13.2 Å². The van der Waals surface area contributed by atoms with E-state index in [1.54, 1.807) is 43.7 Å². The third kappa shape index (κ3) is 2.52. The molecule has 110 valence electrons. The van der Waals surface area contributed by atoms with E-state index < -0.39 is 14.6 Å². The molecule has 0 amide bonds. The fraction of sp³-hybridized carbons (Fsp3) is 0.462. The molecule has 5 nitrogen and oxygen atoms in total. The Kier molecular flexibility index (Phi) is 4.03. The van der Waals surface area contributed by atoms with Crippen LogP contribution >= 0.6 is 22.6 Å². The van der Waals surface area contributed by atoms with Gasteiger partial charge in [-0.25, -0.2) is 12.9 Å². The SMILES string of the molecule is CCOc1cn2ncc(I)c2cc1S(=O)(=O)C(C)(C)C. The molecule has 2 aromatic rings. The summed E-state index contributed by atoms with van der Waals surface area (Å²) >= 11 is 2.13. The molecule has 0 atom stereocenters. The van der Waals surface area contributed by atoms with E-state index in [9.17, 15) is 8.42 Å². The van der Waals surface area contributed by atoms with Crippen LogP contribution in [0.3, 0.4) is 0 Å². The molecule has 0 spiro atoms. The smallest absolute Gasteiger partial charge is 0.187 e. The minimum absolute atomic E-state index is 0.220. The molecule has 0 radical (unpaired) electrons. The summed E-state index contributed by atoms with van der Waals surface area (Å²) in [5, 5.41) is 4.18. The lowest BCUT2D eigenvalue weighted by Gasteiger charge is -2.21. The lowest BCUT2D eigenvalue weighted by atomic mass is 10.3. The molecule has 0 aliphatic carbocycles. The van der Waals surface area contributed by atoms with E-state index in [-0.39, 0.29) is 4.90 Å². The number of hydrogen-bond donors (Lipinski definition) is 0. The van der Waals surface area contributed by atoms with Gasteiger partial charge in [0.15, 0.2) is 15.6 Å². The fourth-order valence-corrected chi connectivity index (χ4v) is 3.59. The molecule has 2 rings (SSSR count). The Morgan fingerprint density at radius 2 is 2.05 bits per heavy atom. The van der Waals surface area contributed by atoms with Crippen LogP contribution in [0.4, 0.5) is 0 Å². The van der Waals surface area contributed by atoms with E-state index in [1.165, 1.54) is 0 Å². The molecule has 7 heteroatoms. The summed E-state index contributed by atoms with van der Waals surface area (Å²) in [5.41, 5.74) is 0.761. The van der Waals surface area contributed by atoms with Crippen molar-refractivity contribution in [1.82, 2.24) is 9.61 Å². The van der Waals surface area contributed by atoms with Crippen molar-refractivity contribution in [2.75, 3.05) is 6.61 Å². The second kappa shape index (κ2) is 5.18. The van der Waals surface area contributed by atoms with Crippen LogP contribution in [0.2, 0.25) is 0 Å². The van der Waals surface area contributed by atoms with Crippen molar-refractivity contribution in [2.24, 2.45) is 0 Å². The van der Waals surface area contributed by atoms with Gasteiger partial charge in [0, 0.05) is 0 Å². The van der Waals surface area contributed by atoms with Crippen LogP contribution in [0.25, 0.3) is 5.52 Å². The highest BCUT2D eigenvalue weighted by Gasteiger charge is 2.34. The molecule has 2 heterocycles. The molecule has 0 saturated heterocycles. The molecule has 0 unspecified atom stereocenters. The molecule has 0 aromatic carbocycles. The first kappa shape index (κ1) is 15.6. The Balaban J connectivity index is 2.79. The molecule has 0 aliphatic rings.